The average Bonchev–Trinajstić information content (AvgIpc) is 3.41. The maximum atomic E-state index is 12.7. The molecule has 4 rings (SSSR count). The first kappa shape index (κ1) is 34.3. The van der Waals surface area contributed by atoms with Crippen LogP contribution in [0.15, 0.2) is 30.3 Å². The van der Waals surface area contributed by atoms with Gasteiger partial charge in [-0.3, -0.25) is 14.6 Å². The maximum absolute atomic E-state index is 12.7. The van der Waals surface area contributed by atoms with Gasteiger partial charge >= 0.3 is 24.3 Å². The van der Waals surface area contributed by atoms with Crippen LogP contribution in [0.25, 0.3) is 0 Å². The lowest BCUT2D eigenvalue weighted by atomic mass is 9.90. The van der Waals surface area contributed by atoms with Crippen molar-refractivity contribution < 1.29 is 60.4 Å². The van der Waals surface area contributed by atoms with Gasteiger partial charge in [-0.15, -0.1) is 0 Å². The van der Waals surface area contributed by atoms with Crippen molar-refractivity contribution in [2.45, 2.75) is 43.4 Å². The third-order valence-corrected chi connectivity index (χ3v) is 6.49. The van der Waals surface area contributed by atoms with E-state index in [1.165, 1.54) is 5.56 Å². The van der Waals surface area contributed by atoms with Gasteiger partial charge < -0.3 is 24.6 Å². The van der Waals surface area contributed by atoms with Gasteiger partial charge in [0.05, 0.1) is 19.8 Å². The van der Waals surface area contributed by atoms with E-state index in [-0.39, 0.29) is 17.6 Å². The minimum absolute atomic E-state index is 0.101. The Morgan fingerprint density at radius 1 is 0.951 bits per heavy atom. The van der Waals surface area contributed by atoms with Crippen LogP contribution in [0.3, 0.4) is 0 Å². The van der Waals surface area contributed by atoms with Crippen LogP contribution in [0.5, 0.6) is 0 Å². The van der Waals surface area contributed by atoms with E-state index in [2.05, 4.69) is 29.0 Å². The Kier molecular flexibility index (Phi) is 12.4. The number of carbonyl (C=O) groups excluding carboxylic acids is 1. The molecule has 1 aromatic carbocycles. The fourth-order valence-corrected chi connectivity index (χ4v) is 4.48. The van der Waals surface area contributed by atoms with Gasteiger partial charge in [0, 0.05) is 39.3 Å². The minimum Gasteiger partial charge on any atom is -0.475 e. The van der Waals surface area contributed by atoms with Crippen molar-refractivity contribution in [1.82, 2.24) is 14.7 Å². The molecule has 3 fully saturated rings. The van der Waals surface area contributed by atoms with Crippen molar-refractivity contribution in [1.29, 1.82) is 0 Å². The molecule has 1 unspecified atom stereocenters. The lowest BCUT2D eigenvalue weighted by Gasteiger charge is -2.55. The number of hydrogen-bond donors (Lipinski definition) is 2. The number of carboxylic acids is 2. The van der Waals surface area contributed by atoms with Crippen LogP contribution in [0.2, 0.25) is 0 Å². The monoisotopic (exact) mass is 601 g/mol. The van der Waals surface area contributed by atoms with Crippen LogP contribution in [0.1, 0.15) is 18.4 Å². The summed E-state index contributed by atoms with van der Waals surface area (Å²) in [5.74, 6) is -5.27. The molecule has 16 heteroatoms. The highest BCUT2D eigenvalue weighted by atomic mass is 19.4. The normalized spacial score (nSPS) is 20.8. The summed E-state index contributed by atoms with van der Waals surface area (Å²) in [5, 5.41) is 14.2. The van der Waals surface area contributed by atoms with Gasteiger partial charge in [-0.1, -0.05) is 30.3 Å². The SMILES string of the molecule is CN1CC2(CN(CCOCc3ccccc3)C2)OCC1C(=O)N1CCCC1.O=C(O)C(F)(F)F.O=C(O)C(F)(F)F. The smallest absolute Gasteiger partial charge is 0.475 e. The molecule has 232 valence electrons. The summed E-state index contributed by atoms with van der Waals surface area (Å²) in [7, 11) is 2.06. The number of benzene rings is 1. The number of carboxylic acid groups (broad SMARTS) is 2. The predicted molar refractivity (Wildman–Crippen MR) is 131 cm³/mol. The van der Waals surface area contributed by atoms with Gasteiger partial charge in [0.15, 0.2) is 0 Å². The van der Waals surface area contributed by atoms with Gasteiger partial charge in [0.1, 0.15) is 11.6 Å². The van der Waals surface area contributed by atoms with Crippen molar-refractivity contribution in [2.24, 2.45) is 0 Å². The first-order chi connectivity index (χ1) is 19.0. The number of rotatable bonds is 6. The van der Waals surface area contributed by atoms with E-state index in [0.29, 0.717) is 13.2 Å². The fourth-order valence-electron chi connectivity index (χ4n) is 4.48. The van der Waals surface area contributed by atoms with Crippen LogP contribution in [0, 0.1) is 0 Å². The first-order valence-corrected chi connectivity index (χ1v) is 12.6. The van der Waals surface area contributed by atoms with E-state index in [1.807, 2.05) is 23.1 Å². The summed E-state index contributed by atoms with van der Waals surface area (Å²) in [6, 6.07) is 10.2. The second kappa shape index (κ2) is 14.8. The lowest BCUT2D eigenvalue weighted by molar-refractivity contribution is -0.201. The Balaban J connectivity index is 0.000000349. The molecule has 0 saturated carbocycles. The number of likely N-dealkylation sites (tertiary alicyclic amines) is 2. The number of morpholine rings is 1. The maximum Gasteiger partial charge on any atom is 0.490 e. The third kappa shape index (κ3) is 11.1. The Labute approximate surface area is 232 Å². The lowest BCUT2D eigenvalue weighted by Crippen LogP contribution is -2.72. The van der Waals surface area contributed by atoms with Gasteiger partial charge in [0.2, 0.25) is 5.91 Å². The van der Waals surface area contributed by atoms with Gasteiger partial charge in [-0.2, -0.15) is 26.3 Å². The molecular weight excluding hydrogens is 568 g/mol. The van der Waals surface area contributed by atoms with Crippen LogP contribution >= 0.6 is 0 Å². The number of aliphatic carboxylic acids is 2. The number of nitrogens with zero attached hydrogens (tertiary/aromatic N) is 3. The number of hydrogen-bond acceptors (Lipinski definition) is 7. The first-order valence-electron chi connectivity index (χ1n) is 12.6. The average molecular weight is 602 g/mol. The quantitative estimate of drug-likeness (QED) is 0.375. The number of alkyl halides is 6. The zero-order chi connectivity index (χ0) is 30.8. The highest BCUT2D eigenvalue weighted by molar-refractivity contribution is 5.82. The van der Waals surface area contributed by atoms with E-state index in [0.717, 1.165) is 58.7 Å². The number of carbonyl (C=O) groups is 3. The van der Waals surface area contributed by atoms with Crippen molar-refractivity contribution in [3.8, 4) is 0 Å². The molecule has 3 aliphatic heterocycles. The van der Waals surface area contributed by atoms with Crippen LogP contribution in [0.4, 0.5) is 26.3 Å². The van der Waals surface area contributed by atoms with E-state index in [1.54, 1.807) is 0 Å². The highest BCUT2D eigenvalue weighted by Crippen LogP contribution is 2.31. The van der Waals surface area contributed by atoms with Gasteiger partial charge in [-0.05, 0) is 25.5 Å². The summed E-state index contributed by atoms with van der Waals surface area (Å²) in [6.07, 6.45) is -7.90. The number of ether oxygens (including phenoxy) is 2. The summed E-state index contributed by atoms with van der Waals surface area (Å²) >= 11 is 0. The Morgan fingerprint density at radius 2 is 1.46 bits per heavy atom. The second-order valence-electron chi connectivity index (χ2n) is 9.81. The number of amides is 1. The molecule has 1 amide bonds. The van der Waals surface area contributed by atoms with Crippen LogP contribution < -0.4 is 0 Å². The molecule has 1 spiro atoms. The molecule has 10 nitrogen and oxygen atoms in total. The van der Waals surface area contributed by atoms with E-state index < -0.39 is 24.3 Å². The van der Waals surface area contributed by atoms with Crippen molar-refractivity contribution >= 4 is 17.8 Å². The zero-order valence-corrected chi connectivity index (χ0v) is 22.3. The summed E-state index contributed by atoms with van der Waals surface area (Å²) in [5.41, 5.74) is 1.11. The largest absolute Gasteiger partial charge is 0.490 e. The number of halogens is 6. The van der Waals surface area contributed by atoms with Crippen LogP contribution in [-0.2, 0) is 30.5 Å². The Hall–Kier alpha value is -2.95. The molecule has 1 atom stereocenters. The standard InChI is InChI=1S/C21H31N3O3.2C2HF3O2/c1-22-15-21(27-14-19(22)20(25)24-9-5-6-10-24)16-23(17-21)11-12-26-13-18-7-3-2-4-8-18;2*3-2(4,5)1(6)7/h2-4,7-8,19H,5-6,9-17H2,1H3;2*(H,6,7). The minimum atomic E-state index is -5.08. The molecule has 41 heavy (non-hydrogen) atoms. The molecule has 3 aliphatic rings. The molecule has 0 radical (unpaired) electrons. The summed E-state index contributed by atoms with van der Waals surface area (Å²) < 4.78 is 75.5. The van der Waals surface area contributed by atoms with E-state index in [9.17, 15) is 31.1 Å². The molecule has 2 N–H and O–H groups in total. The molecule has 0 aliphatic carbocycles. The molecular formula is C25H33F6N3O7. The van der Waals surface area contributed by atoms with Gasteiger partial charge in [0.25, 0.3) is 0 Å². The zero-order valence-electron chi connectivity index (χ0n) is 22.3. The van der Waals surface area contributed by atoms with Crippen molar-refractivity contribution in [3.05, 3.63) is 35.9 Å². The molecule has 0 bridgehead atoms. The third-order valence-electron chi connectivity index (χ3n) is 6.49. The second-order valence-corrected chi connectivity index (χ2v) is 9.81. The van der Waals surface area contributed by atoms with Crippen LogP contribution in [-0.4, -0.2) is 126 Å². The fraction of sp³-hybridized carbons (Fsp3) is 0.640. The van der Waals surface area contributed by atoms with Gasteiger partial charge in [-0.25, -0.2) is 9.59 Å². The van der Waals surface area contributed by atoms with Crippen molar-refractivity contribution in [2.75, 3.05) is 59.5 Å². The Morgan fingerprint density at radius 3 is 1.93 bits per heavy atom. The predicted octanol–water partition coefficient (Wildman–Crippen LogP) is 2.48. The molecule has 3 heterocycles. The van der Waals surface area contributed by atoms with E-state index in [4.69, 9.17) is 29.3 Å². The summed E-state index contributed by atoms with van der Waals surface area (Å²) in [4.78, 5) is 37.0. The van der Waals surface area contributed by atoms with E-state index >= 15 is 0 Å². The topological polar surface area (TPSA) is 120 Å². The van der Waals surface area contributed by atoms with Crippen molar-refractivity contribution in [3.63, 3.8) is 0 Å². The summed E-state index contributed by atoms with van der Waals surface area (Å²) in [6.45, 7) is 7.35. The molecule has 0 aromatic heterocycles. The number of likely N-dealkylation sites (N-methyl/N-ethyl adjacent to an activating group) is 1. The molecule has 3 saturated heterocycles. The highest BCUT2D eigenvalue weighted by Gasteiger charge is 2.50. The Bertz CT molecular complexity index is 974. The molecule has 1 aromatic rings.